The van der Waals surface area contributed by atoms with Crippen molar-refractivity contribution in [3.63, 3.8) is 0 Å². The molecule has 0 spiro atoms. The highest BCUT2D eigenvalue weighted by Gasteiger charge is 2.24. The lowest BCUT2D eigenvalue weighted by Gasteiger charge is -2.24. The van der Waals surface area contributed by atoms with Crippen LogP contribution >= 0.6 is 0 Å². The highest BCUT2D eigenvalue weighted by Crippen LogP contribution is 2.29. The minimum absolute atomic E-state index is 0.0962. The van der Waals surface area contributed by atoms with Gasteiger partial charge in [-0.2, -0.15) is 5.10 Å². The van der Waals surface area contributed by atoms with Crippen molar-refractivity contribution in [3.8, 4) is 5.75 Å². The summed E-state index contributed by atoms with van der Waals surface area (Å²) < 4.78 is 7.28. The summed E-state index contributed by atoms with van der Waals surface area (Å²) in [6.45, 7) is 2.97. The number of anilines is 2. The molecule has 0 aliphatic carbocycles. The number of nitrogens with one attached hydrogen (secondary N) is 1. The average Bonchev–Trinajstić information content (AvgIpc) is 3.24. The number of hydrogen-bond donors (Lipinski definition) is 2. The van der Waals surface area contributed by atoms with Gasteiger partial charge in [0.15, 0.2) is 0 Å². The van der Waals surface area contributed by atoms with Crippen LogP contribution in [0.15, 0.2) is 48.7 Å². The number of para-hydroxylation sites is 2. The summed E-state index contributed by atoms with van der Waals surface area (Å²) in [7, 11) is 0. The van der Waals surface area contributed by atoms with E-state index in [1.54, 1.807) is 29.3 Å². The Labute approximate surface area is 198 Å². The Morgan fingerprint density at radius 1 is 1.15 bits per heavy atom. The van der Waals surface area contributed by atoms with Crippen LogP contribution in [0, 0.1) is 6.92 Å². The van der Waals surface area contributed by atoms with Gasteiger partial charge in [-0.15, -0.1) is 0 Å². The van der Waals surface area contributed by atoms with Crippen molar-refractivity contribution in [1.29, 1.82) is 0 Å². The highest BCUT2D eigenvalue weighted by atomic mass is 16.5. The first kappa shape index (κ1) is 23.4. The molecule has 4 rings (SSSR count). The number of fused-ring (bicyclic) bond motifs is 2. The maximum Gasteiger partial charge on any atom is 0.266 e. The molecule has 3 aromatic rings. The molecule has 1 amide bonds. The molecule has 0 atom stereocenters. The molecule has 0 unspecified atom stereocenters. The quantitative estimate of drug-likeness (QED) is 0.612. The van der Waals surface area contributed by atoms with E-state index in [1.165, 1.54) is 4.68 Å². The minimum Gasteiger partial charge on any atom is -0.491 e. The van der Waals surface area contributed by atoms with Crippen LogP contribution in [0.5, 0.6) is 5.75 Å². The molecule has 3 N–H and O–H groups in total. The standard InChI is InChI=1S/C25H30N6O3/c1-18-15-19(16-26)31(29-18)23(32)17-30-13-6-2-3-7-14-34-22-11-5-4-10-21(22)28-24-20(25(30)33)9-8-12-27-24/h4-5,8-12,15H,2-3,6-7,13-14,16-17,26H2,1H3,(H,27,28). The number of aromatic nitrogens is 3. The van der Waals surface area contributed by atoms with E-state index < -0.39 is 0 Å². The Morgan fingerprint density at radius 2 is 1.97 bits per heavy atom. The maximum absolute atomic E-state index is 13.7. The predicted octanol–water partition coefficient (Wildman–Crippen LogP) is 3.52. The summed E-state index contributed by atoms with van der Waals surface area (Å²) in [6, 6.07) is 12.8. The Kier molecular flexibility index (Phi) is 7.54. The molecule has 0 fully saturated rings. The van der Waals surface area contributed by atoms with E-state index in [2.05, 4.69) is 15.4 Å². The van der Waals surface area contributed by atoms with Gasteiger partial charge in [-0.25, -0.2) is 9.67 Å². The molecule has 3 heterocycles. The van der Waals surface area contributed by atoms with Crippen LogP contribution < -0.4 is 15.8 Å². The van der Waals surface area contributed by atoms with Crippen molar-refractivity contribution in [2.45, 2.75) is 39.2 Å². The molecule has 178 valence electrons. The zero-order valence-electron chi connectivity index (χ0n) is 19.4. The molecule has 0 bridgehead atoms. The number of ether oxygens (including phenoxy) is 1. The van der Waals surface area contributed by atoms with Gasteiger partial charge >= 0.3 is 0 Å². The molecule has 1 aliphatic rings. The molecular formula is C25H30N6O3. The van der Waals surface area contributed by atoms with Crippen molar-refractivity contribution >= 4 is 23.3 Å². The second kappa shape index (κ2) is 10.9. The van der Waals surface area contributed by atoms with E-state index in [9.17, 15) is 9.59 Å². The van der Waals surface area contributed by atoms with Crippen molar-refractivity contribution in [2.24, 2.45) is 5.73 Å². The second-order valence-electron chi connectivity index (χ2n) is 8.30. The fourth-order valence-electron chi connectivity index (χ4n) is 4.01. The van der Waals surface area contributed by atoms with Gasteiger partial charge in [0, 0.05) is 19.3 Å². The fourth-order valence-corrected chi connectivity index (χ4v) is 4.01. The number of benzene rings is 1. The van der Waals surface area contributed by atoms with Crippen LogP contribution in [-0.4, -0.2) is 51.2 Å². The normalized spacial score (nSPS) is 14.9. The van der Waals surface area contributed by atoms with Gasteiger partial charge in [0.05, 0.1) is 29.2 Å². The summed E-state index contributed by atoms with van der Waals surface area (Å²) in [6.07, 6.45) is 5.21. The number of amides is 1. The predicted molar refractivity (Wildman–Crippen MR) is 129 cm³/mol. The fraction of sp³-hybridized carbons (Fsp3) is 0.360. The Bertz CT molecular complexity index is 1160. The van der Waals surface area contributed by atoms with Crippen LogP contribution in [0.25, 0.3) is 0 Å². The third kappa shape index (κ3) is 5.43. The lowest BCUT2D eigenvalue weighted by atomic mass is 10.1. The van der Waals surface area contributed by atoms with Crippen LogP contribution in [-0.2, 0) is 6.54 Å². The first-order chi connectivity index (χ1) is 16.6. The lowest BCUT2D eigenvalue weighted by Crippen LogP contribution is -2.39. The monoisotopic (exact) mass is 462 g/mol. The zero-order valence-corrected chi connectivity index (χ0v) is 19.4. The van der Waals surface area contributed by atoms with E-state index >= 15 is 0 Å². The van der Waals surface area contributed by atoms with Crippen LogP contribution in [0.4, 0.5) is 11.5 Å². The molecule has 2 aromatic heterocycles. The third-order valence-corrected chi connectivity index (χ3v) is 5.72. The molecule has 9 nitrogen and oxygen atoms in total. The molecule has 9 heteroatoms. The zero-order chi connectivity index (χ0) is 23.9. The number of carbonyl (C=O) groups excluding carboxylic acids is 2. The largest absolute Gasteiger partial charge is 0.491 e. The van der Waals surface area contributed by atoms with Gasteiger partial charge < -0.3 is 20.7 Å². The van der Waals surface area contributed by atoms with E-state index in [0.29, 0.717) is 41.7 Å². The van der Waals surface area contributed by atoms with Gasteiger partial charge in [-0.1, -0.05) is 25.0 Å². The molecule has 0 radical (unpaired) electrons. The molecule has 34 heavy (non-hydrogen) atoms. The molecule has 0 saturated heterocycles. The Balaban J connectivity index is 1.65. The number of carbonyl (C=O) groups is 2. The van der Waals surface area contributed by atoms with Gasteiger partial charge in [-0.05, 0) is 50.1 Å². The van der Waals surface area contributed by atoms with E-state index in [-0.39, 0.29) is 24.9 Å². The number of rotatable bonds is 3. The topological polar surface area (TPSA) is 115 Å². The smallest absolute Gasteiger partial charge is 0.266 e. The molecule has 0 saturated carbocycles. The van der Waals surface area contributed by atoms with Gasteiger partial charge in [0.25, 0.3) is 11.8 Å². The Hall–Kier alpha value is -3.72. The summed E-state index contributed by atoms with van der Waals surface area (Å²) in [5, 5.41) is 7.53. The minimum atomic E-state index is -0.292. The summed E-state index contributed by atoms with van der Waals surface area (Å²) >= 11 is 0. The summed E-state index contributed by atoms with van der Waals surface area (Å²) in [5.41, 5.74) is 8.24. The van der Waals surface area contributed by atoms with Gasteiger partial charge in [0.1, 0.15) is 18.1 Å². The van der Waals surface area contributed by atoms with Crippen LogP contribution in [0.3, 0.4) is 0 Å². The highest BCUT2D eigenvalue weighted by molar-refractivity contribution is 6.01. The van der Waals surface area contributed by atoms with E-state index in [1.807, 2.05) is 31.2 Å². The molecule has 1 aliphatic heterocycles. The number of aryl methyl sites for hydroxylation is 1. The van der Waals surface area contributed by atoms with Gasteiger partial charge in [-0.3, -0.25) is 9.59 Å². The average molecular weight is 463 g/mol. The van der Waals surface area contributed by atoms with Crippen LogP contribution in [0.2, 0.25) is 0 Å². The lowest BCUT2D eigenvalue weighted by molar-refractivity contribution is 0.0670. The summed E-state index contributed by atoms with van der Waals surface area (Å²) in [5.74, 6) is 0.562. The van der Waals surface area contributed by atoms with Crippen LogP contribution in [0.1, 0.15) is 52.2 Å². The van der Waals surface area contributed by atoms with E-state index in [0.717, 1.165) is 31.4 Å². The van der Waals surface area contributed by atoms with Crippen molar-refractivity contribution in [3.05, 3.63) is 65.6 Å². The molecular weight excluding hydrogens is 432 g/mol. The van der Waals surface area contributed by atoms with Crippen molar-refractivity contribution < 1.29 is 14.3 Å². The number of nitrogens with two attached hydrogens (primary N) is 1. The van der Waals surface area contributed by atoms with Crippen molar-refractivity contribution in [1.82, 2.24) is 19.7 Å². The second-order valence-corrected chi connectivity index (χ2v) is 8.30. The van der Waals surface area contributed by atoms with E-state index in [4.69, 9.17) is 10.5 Å². The number of nitrogens with zero attached hydrogens (tertiary/aromatic N) is 4. The summed E-state index contributed by atoms with van der Waals surface area (Å²) in [4.78, 5) is 32.7. The third-order valence-electron chi connectivity index (χ3n) is 5.72. The first-order valence-electron chi connectivity index (χ1n) is 11.6. The maximum atomic E-state index is 13.7. The first-order valence-corrected chi connectivity index (χ1v) is 11.6. The van der Waals surface area contributed by atoms with Gasteiger partial charge in [0.2, 0.25) is 0 Å². The van der Waals surface area contributed by atoms with Crippen molar-refractivity contribution in [2.75, 3.05) is 25.0 Å². The Morgan fingerprint density at radius 3 is 2.82 bits per heavy atom. The number of hydrogen-bond acceptors (Lipinski definition) is 7. The SMILES string of the molecule is Cc1cc(CN)n(C(=O)CN2CCCCCCOc3ccccc3Nc3ncccc3C2=O)n1. The number of pyridine rings is 1. The molecule has 1 aromatic carbocycles.